The van der Waals surface area contributed by atoms with Gasteiger partial charge in [-0.1, -0.05) is 17.3 Å². The van der Waals surface area contributed by atoms with Crippen LogP contribution in [0.25, 0.3) is 11.3 Å². The van der Waals surface area contributed by atoms with E-state index in [1.54, 1.807) is 24.3 Å². The van der Waals surface area contributed by atoms with Gasteiger partial charge in [0.1, 0.15) is 23.9 Å². The van der Waals surface area contributed by atoms with Crippen molar-refractivity contribution in [2.24, 2.45) is 0 Å². The van der Waals surface area contributed by atoms with Gasteiger partial charge in [-0.2, -0.15) is 0 Å². The number of benzene rings is 2. The van der Waals surface area contributed by atoms with Crippen molar-refractivity contribution in [3.8, 4) is 22.8 Å². The number of nitrogens with zero attached hydrogens (tertiary/aromatic N) is 1. The Balaban J connectivity index is 1.54. The average Bonchev–Trinajstić information content (AvgIpc) is 3.13. The minimum absolute atomic E-state index is 0.0565. The first kappa shape index (κ1) is 18.4. The van der Waals surface area contributed by atoms with Crippen molar-refractivity contribution >= 4 is 5.97 Å². The summed E-state index contributed by atoms with van der Waals surface area (Å²) >= 11 is 0. The van der Waals surface area contributed by atoms with E-state index in [-0.39, 0.29) is 30.2 Å². The maximum atomic E-state index is 13.7. The Bertz CT molecular complexity index is 941. The molecular weight excluding hydrogens is 360 g/mol. The number of rotatable bonds is 7. The molecule has 2 aromatic carbocycles. The Labute approximate surface area is 153 Å². The monoisotopic (exact) mass is 375 g/mol. The largest absolute Gasteiger partial charge is 0.493 e. The summed E-state index contributed by atoms with van der Waals surface area (Å²) < 4.78 is 47.2. The molecule has 0 aliphatic rings. The molecule has 0 N–H and O–H groups in total. The van der Waals surface area contributed by atoms with Crippen molar-refractivity contribution in [3.05, 3.63) is 65.9 Å². The number of methoxy groups -OCH3 is 1. The van der Waals surface area contributed by atoms with E-state index >= 15 is 0 Å². The first-order valence-corrected chi connectivity index (χ1v) is 7.89. The molecular formula is C19H15F2NO5. The lowest BCUT2D eigenvalue weighted by molar-refractivity contribution is -0.147. The lowest BCUT2D eigenvalue weighted by Crippen LogP contribution is -2.15. The van der Waals surface area contributed by atoms with E-state index in [2.05, 4.69) is 5.16 Å². The molecule has 0 saturated carbocycles. The maximum Gasteiger partial charge on any atom is 0.344 e. The second-order valence-electron chi connectivity index (χ2n) is 5.41. The normalized spacial score (nSPS) is 10.5. The molecule has 0 fully saturated rings. The van der Waals surface area contributed by atoms with Gasteiger partial charge in [-0.25, -0.2) is 13.6 Å². The standard InChI is InChI=1S/C19H15F2NO5/c1-24-16-4-2-3-5-17(16)25-11-19(23)26-10-13-9-18(27-22-13)14-7-6-12(20)8-15(14)21/h2-9H,10-11H2,1H3. The third-order valence-electron chi connectivity index (χ3n) is 3.55. The van der Waals surface area contributed by atoms with E-state index in [1.807, 2.05) is 0 Å². The van der Waals surface area contributed by atoms with E-state index < -0.39 is 17.6 Å². The van der Waals surface area contributed by atoms with E-state index in [0.717, 1.165) is 12.1 Å². The molecule has 0 aliphatic heterocycles. The topological polar surface area (TPSA) is 70.8 Å². The van der Waals surface area contributed by atoms with Crippen molar-refractivity contribution < 1.29 is 32.3 Å². The van der Waals surface area contributed by atoms with Crippen LogP contribution in [0.4, 0.5) is 8.78 Å². The molecule has 27 heavy (non-hydrogen) atoms. The molecule has 1 heterocycles. The van der Waals surface area contributed by atoms with Gasteiger partial charge in [0, 0.05) is 12.1 Å². The fourth-order valence-electron chi connectivity index (χ4n) is 2.27. The molecule has 0 unspecified atom stereocenters. The Morgan fingerprint density at radius 1 is 1.11 bits per heavy atom. The minimum Gasteiger partial charge on any atom is -0.493 e. The first-order chi connectivity index (χ1) is 13.1. The van der Waals surface area contributed by atoms with Crippen LogP contribution in [-0.2, 0) is 16.1 Å². The van der Waals surface area contributed by atoms with Crippen LogP contribution in [0, 0.1) is 11.6 Å². The van der Waals surface area contributed by atoms with Gasteiger partial charge in [0.05, 0.1) is 12.7 Å². The Kier molecular flexibility index (Phi) is 5.65. The average molecular weight is 375 g/mol. The van der Waals surface area contributed by atoms with Crippen LogP contribution < -0.4 is 9.47 Å². The quantitative estimate of drug-likeness (QED) is 0.586. The van der Waals surface area contributed by atoms with Gasteiger partial charge in [-0.05, 0) is 24.3 Å². The summed E-state index contributed by atoms with van der Waals surface area (Å²) in [6.45, 7) is -0.502. The summed E-state index contributed by atoms with van der Waals surface area (Å²) in [6, 6.07) is 11.4. The van der Waals surface area contributed by atoms with Crippen molar-refractivity contribution in [3.63, 3.8) is 0 Å². The number of esters is 1. The third-order valence-corrected chi connectivity index (χ3v) is 3.55. The molecule has 140 valence electrons. The van der Waals surface area contributed by atoms with Gasteiger partial charge >= 0.3 is 5.97 Å². The highest BCUT2D eigenvalue weighted by Crippen LogP contribution is 2.26. The highest BCUT2D eigenvalue weighted by molar-refractivity contribution is 5.71. The summed E-state index contributed by atoms with van der Waals surface area (Å²) in [6.07, 6.45) is 0. The van der Waals surface area contributed by atoms with Crippen LogP contribution in [-0.4, -0.2) is 24.8 Å². The van der Waals surface area contributed by atoms with Crippen LogP contribution in [0.1, 0.15) is 5.69 Å². The van der Waals surface area contributed by atoms with Crippen LogP contribution in [0.2, 0.25) is 0 Å². The van der Waals surface area contributed by atoms with Crippen molar-refractivity contribution in [2.45, 2.75) is 6.61 Å². The van der Waals surface area contributed by atoms with Crippen molar-refractivity contribution in [1.29, 1.82) is 0 Å². The summed E-state index contributed by atoms with van der Waals surface area (Å²) in [5.74, 6) is -1.10. The van der Waals surface area contributed by atoms with Crippen LogP contribution in [0.3, 0.4) is 0 Å². The highest BCUT2D eigenvalue weighted by Gasteiger charge is 2.14. The number of para-hydroxylation sites is 2. The SMILES string of the molecule is COc1ccccc1OCC(=O)OCc1cc(-c2ccc(F)cc2F)on1. The molecule has 3 aromatic rings. The highest BCUT2D eigenvalue weighted by atomic mass is 19.1. The van der Waals surface area contributed by atoms with Crippen LogP contribution >= 0.6 is 0 Å². The van der Waals surface area contributed by atoms with Gasteiger partial charge in [0.2, 0.25) is 0 Å². The fraction of sp³-hybridized carbons (Fsp3) is 0.158. The number of carbonyl (C=O) groups excluding carboxylic acids is 1. The predicted molar refractivity (Wildman–Crippen MR) is 90.1 cm³/mol. The lowest BCUT2D eigenvalue weighted by atomic mass is 10.1. The summed E-state index contributed by atoms with van der Waals surface area (Å²) in [5.41, 5.74) is 0.334. The van der Waals surface area contributed by atoms with Crippen LogP contribution in [0.5, 0.6) is 11.5 Å². The molecule has 8 heteroatoms. The molecule has 0 bridgehead atoms. The zero-order chi connectivity index (χ0) is 19.2. The Morgan fingerprint density at radius 2 is 1.89 bits per heavy atom. The third kappa shape index (κ3) is 4.60. The molecule has 0 radical (unpaired) electrons. The molecule has 6 nitrogen and oxygen atoms in total. The molecule has 0 saturated heterocycles. The maximum absolute atomic E-state index is 13.7. The molecule has 0 aliphatic carbocycles. The van der Waals surface area contributed by atoms with Gasteiger partial charge in [0.25, 0.3) is 0 Å². The van der Waals surface area contributed by atoms with Gasteiger partial charge in [-0.15, -0.1) is 0 Å². The number of aromatic nitrogens is 1. The second kappa shape index (κ2) is 8.31. The molecule has 0 amide bonds. The summed E-state index contributed by atoms with van der Waals surface area (Å²) in [5, 5.41) is 3.70. The van der Waals surface area contributed by atoms with E-state index in [0.29, 0.717) is 11.5 Å². The molecule has 0 atom stereocenters. The van der Waals surface area contributed by atoms with Gasteiger partial charge in [-0.3, -0.25) is 0 Å². The first-order valence-electron chi connectivity index (χ1n) is 7.89. The number of hydrogen-bond acceptors (Lipinski definition) is 6. The number of carbonyl (C=O) groups is 1. The van der Waals surface area contributed by atoms with E-state index in [4.69, 9.17) is 18.7 Å². The van der Waals surface area contributed by atoms with Gasteiger partial charge in [0.15, 0.2) is 23.9 Å². The van der Waals surface area contributed by atoms with Gasteiger partial charge < -0.3 is 18.7 Å². The predicted octanol–water partition coefficient (Wildman–Crippen LogP) is 3.75. The number of halogens is 2. The molecule has 3 rings (SSSR count). The summed E-state index contributed by atoms with van der Waals surface area (Å²) in [7, 11) is 1.49. The lowest BCUT2D eigenvalue weighted by Gasteiger charge is -2.09. The zero-order valence-corrected chi connectivity index (χ0v) is 14.3. The van der Waals surface area contributed by atoms with E-state index in [1.165, 1.54) is 19.2 Å². The number of ether oxygens (including phenoxy) is 3. The van der Waals surface area contributed by atoms with Crippen LogP contribution in [0.15, 0.2) is 53.1 Å². The molecule has 1 aromatic heterocycles. The van der Waals surface area contributed by atoms with Crippen molar-refractivity contribution in [2.75, 3.05) is 13.7 Å². The smallest absolute Gasteiger partial charge is 0.344 e. The van der Waals surface area contributed by atoms with Crippen molar-refractivity contribution in [1.82, 2.24) is 5.16 Å². The molecule has 0 spiro atoms. The minimum atomic E-state index is -0.778. The summed E-state index contributed by atoms with van der Waals surface area (Å²) in [4.78, 5) is 11.8. The Morgan fingerprint density at radius 3 is 2.63 bits per heavy atom. The zero-order valence-electron chi connectivity index (χ0n) is 14.3. The fourth-order valence-corrected chi connectivity index (χ4v) is 2.27. The second-order valence-corrected chi connectivity index (χ2v) is 5.41. The number of hydrogen-bond donors (Lipinski definition) is 0. The van der Waals surface area contributed by atoms with E-state index in [9.17, 15) is 13.6 Å². The Hall–Kier alpha value is -3.42.